The third-order valence-corrected chi connectivity index (χ3v) is 5.81. The van der Waals surface area contributed by atoms with E-state index in [0.29, 0.717) is 13.2 Å². The van der Waals surface area contributed by atoms with E-state index in [9.17, 15) is 9.59 Å². The summed E-state index contributed by atoms with van der Waals surface area (Å²) in [5, 5.41) is 4.06. The quantitative estimate of drug-likeness (QED) is 0.437. The fraction of sp³-hybridized carbons (Fsp3) is 0.222. The van der Waals surface area contributed by atoms with Gasteiger partial charge in [0, 0.05) is 18.7 Å². The zero-order chi connectivity index (χ0) is 23.2. The normalized spacial score (nSPS) is 15.8. The Kier molecular flexibility index (Phi) is 6.83. The van der Waals surface area contributed by atoms with E-state index in [1.54, 1.807) is 11.1 Å². The summed E-state index contributed by atoms with van der Waals surface area (Å²) in [6, 6.07) is 23.3. The predicted octanol–water partition coefficient (Wildman–Crippen LogP) is 4.39. The lowest BCUT2D eigenvalue weighted by molar-refractivity contribution is -0.126. The Morgan fingerprint density at radius 3 is 2.55 bits per heavy atom. The Morgan fingerprint density at radius 1 is 1.06 bits per heavy atom. The van der Waals surface area contributed by atoms with E-state index in [1.165, 1.54) is 5.56 Å². The molecule has 0 saturated carbocycles. The molecule has 1 N–H and O–H groups in total. The Balaban J connectivity index is 1.28. The molecule has 0 radical (unpaired) electrons. The number of anilines is 1. The molecule has 2 amide bonds. The molecule has 0 spiro atoms. The SMILES string of the molecule is Cc1ccc(N2C[C@H](C(=O)N/N=C\c3ccc(OCc4ccccc4)cc3)CC2=O)cc1C. The molecule has 1 heterocycles. The predicted molar refractivity (Wildman–Crippen MR) is 129 cm³/mol. The highest BCUT2D eigenvalue weighted by Gasteiger charge is 2.35. The average molecular weight is 442 g/mol. The minimum Gasteiger partial charge on any atom is -0.489 e. The van der Waals surface area contributed by atoms with Gasteiger partial charge in [0.05, 0.1) is 12.1 Å². The number of benzene rings is 3. The first kappa shape index (κ1) is 22.3. The number of nitrogens with zero attached hydrogens (tertiary/aromatic N) is 2. The molecule has 6 nitrogen and oxygen atoms in total. The third-order valence-electron chi connectivity index (χ3n) is 5.81. The lowest BCUT2D eigenvalue weighted by Crippen LogP contribution is -2.30. The van der Waals surface area contributed by atoms with Crippen molar-refractivity contribution in [3.63, 3.8) is 0 Å². The molecule has 1 aliphatic rings. The molecular weight excluding hydrogens is 414 g/mol. The average Bonchev–Trinajstić information content (AvgIpc) is 3.22. The topological polar surface area (TPSA) is 71.0 Å². The molecule has 3 aromatic rings. The number of aryl methyl sites for hydroxylation is 2. The van der Waals surface area contributed by atoms with Crippen molar-refractivity contribution in [3.8, 4) is 5.75 Å². The summed E-state index contributed by atoms with van der Waals surface area (Å²) < 4.78 is 5.78. The molecular formula is C27H27N3O3. The van der Waals surface area contributed by atoms with E-state index >= 15 is 0 Å². The van der Waals surface area contributed by atoms with Crippen LogP contribution in [0.5, 0.6) is 5.75 Å². The van der Waals surface area contributed by atoms with E-state index in [1.807, 2.05) is 86.6 Å². The van der Waals surface area contributed by atoms with Gasteiger partial charge in [0.1, 0.15) is 12.4 Å². The van der Waals surface area contributed by atoms with Crippen LogP contribution in [0, 0.1) is 19.8 Å². The largest absolute Gasteiger partial charge is 0.489 e. The van der Waals surface area contributed by atoms with Crippen molar-refractivity contribution in [2.24, 2.45) is 11.0 Å². The van der Waals surface area contributed by atoms with Gasteiger partial charge in [0.2, 0.25) is 11.8 Å². The van der Waals surface area contributed by atoms with Crippen LogP contribution in [0.4, 0.5) is 5.69 Å². The van der Waals surface area contributed by atoms with Crippen molar-refractivity contribution in [1.29, 1.82) is 0 Å². The fourth-order valence-corrected chi connectivity index (χ4v) is 3.68. The fourth-order valence-electron chi connectivity index (χ4n) is 3.68. The summed E-state index contributed by atoms with van der Waals surface area (Å²) in [6.07, 6.45) is 1.76. The number of amides is 2. The molecule has 3 aromatic carbocycles. The van der Waals surface area contributed by atoms with Crippen LogP contribution in [-0.4, -0.2) is 24.6 Å². The van der Waals surface area contributed by atoms with Crippen LogP contribution < -0.4 is 15.1 Å². The van der Waals surface area contributed by atoms with Gasteiger partial charge in [-0.3, -0.25) is 9.59 Å². The molecule has 1 aliphatic heterocycles. The maximum atomic E-state index is 12.5. The van der Waals surface area contributed by atoms with E-state index in [0.717, 1.165) is 28.1 Å². The molecule has 6 heteroatoms. The highest BCUT2D eigenvalue weighted by molar-refractivity contribution is 6.00. The lowest BCUT2D eigenvalue weighted by atomic mass is 10.1. The zero-order valence-electron chi connectivity index (χ0n) is 18.8. The monoisotopic (exact) mass is 441 g/mol. The Hall–Kier alpha value is -3.93. The second-order valence-corrected chi connectivity index (χ2v) is 8.25. The van der Waals surface area contributed by atoms with Crippen LogP contribution in [0.1, 0.15) is 28.7 Å². The number of carbonyl (C=O) groups excluding carboxylic acids is 2. The second kappa shape index (κ2) is 10.1. The van der Waals surface area contributed by atoms with Gasteiger partial charge < -0.3 is 9.64 Å². The Bertz CT molecular complexity index is 1160. The van der Waals surface area contributed by atoms with Crippen molar-refractivity contribution in [2.75, 3.05) is 11.4 Å². The van der Waals surface area contributed by atoms with Crippen molar-refractivity contribution in [1.82, 2.24) is 5.43 Å². The van der Waals surface area contributed by atoms with E-state index < -0.39 is 5.92 Å². The number of hydrogen-bond acceptors (Lipinski definition) is 4. The van der Waals surface area contributed by atoms with Crippen molar-refractivity contribution in [2.45, 2.75) is 26.9 Å². The summed E-state index contributed by atoms with van der Waals surface area (Å²) in [6.45, 7) is 4.91. The number of ether oxygens (including phenoxy) is 1. The maximum absolute atomic E-state index is 12.5. The van der Waals surface area contributed by atoms with Crippen molar-refractivity contribution < 1.29 is 14.3 Å². The molecule has 168 valence electrons. The van der Waals surface area contributed by atoms with Gasteiger partial charge in [-0.15, -0.1) is 0 Å². The highest BCUT2D eigenvalue weighted by atomic mass is 16.5. The standard InChI is InChI=1S/C27H27N3O3/c1-19-8-11-24(14-20(19)2)30-17-23(15-26(30)31)27(32)29-28-16-21-9-12-25(13-10-21)33-18-22-6-4-3-5-7-22/h3-14,16,23H,15,17-18H2,1-2H3,(H,29,32)/b28-16-/t23-/m1/s1. The number of hydrogen-bond donors (Lipinski definition) is 1. The molecule has 0 bridgehead atoms. The molecule has 33 heavy (non-hydrogen) atoms. The summed E-state index contributed by atoms with van der Waals surface area (Å²) in [4.78, 5) is 26.7. The van der Waals surface area contributed by atoms with Crippen LogP contribution in [0.15, 0.2) is 77.9 Å². The molecule has 1 fully saturated rings. The zero-order valence-corrected chi connectivity index (χ0v) is 18.8. The van der Waals surface area contributed by atoms with Gasteiger partial charge >= 0.3 is 0 Å². The number of nitrogens with one attached hydrogen (secondary N) is 1. The van der Waals surface area contributed by atoms with Crippen LogP contribution in [0.2, 0.25) is 0 Å². The molecule has 0 unspecified atom stereocenters. The van der Waals surface area contributed by atoms with Crippen molar-refractivity contribution in [3.05, 3.63) is 95.1 Å². The van der Waals surface area contributed by atoms with Crippen LogP contribution >= 0.6 is 0 Å². The van der Waals surface area contributed by atoms with Gasteiger partial charge in [-0.05, 0) is 72.5 Å². The summed E-state index contributed by atoms with van der Waals surface area (Å²) >= 11 is 0. The first-order valence-corrected chi connectivity index (χ1v) is 11.0. The first-order chi connectivity index (χ1) is 16.0. The summed E-state index contributed by atoms with van der Waals surface area (Å²) in [5.74, 6) is 0.0307. The minimum atomic E-state index is -0.426. The lowest BCUT2D eigenvalue weighted by Gasteiger charge is -2.17. The molecule has 1 saturated heterocycles. The number of rotatable bonds is 7. The van der Waals surface area contributed by atoms with Crippen LogP contribution in [-0.2, 0) is 16.2 Å². The van der Waals surface area contributed by atoms with Gasteiger partial charge in [-0.1, -0.05) is 36.4 Å². The Morgan fingerprint density at radius 2 is 1.82 bits per heavy atom. The number of carbonyl (C=O) groups is 2. The minimum absolute atomic E-state index is 0.0477. The number of hydrazone groups is 1. The van der Waals surface area contributed by atoms with Gasteiger partial charge in [-0.25, -0.2) is 5.43 Å². The maximum Gasteiger partial charge on any atom is 0.245 e. The molecule has 0 aromatic heterocycles. The first-order valence-electron chi connectivity index (χ1n) is 11.0. The van der Waals surface area contributed by atoms with Crippen LogP contribution in [0.3, 0.4) is 0 Å². The van der Waals surface area contributed by atoms with E-state index in [2.05, 4.69) is 10.5 Å². The van der Waals surface area contributed by atoms with Gasteiger partial charge in [0.15, 0.2) is 0 Å². The molecule has 4 rings (SSSR count). The summed E-state index contributed by atoms with van der Waals surface area (Å²) in [5.41, 5.74) is 7.63. The van der Waals surface area contributed by atoms with Gasteiger partial charge in [-0.2, -0.15) is 5.10 Å². The highest BCUT2D eigenvalue weighted by Crippen LogP contribution is 2.27. The molecule has 0 aliphatic carbocycles. The van der Waals surface area contributed by atoms with E-state index in [-0.39, 0.29) is 18.2 Å². The van der Waals surface area contributed by atoms with E-state index in [4.69, 9.17) is 4.74 Å². The molecule has 1 atom stereocenters. The smallest absolute Gasteiger partial charge is 0.245 e. The third kappa shape index (κ3) is 5.66. The van der Waals surface area contributed by atoms with Crippen LogP contribution in [0.25, 0.3) is 0 Å². The van der Waals surface area contributed by atoms with Gasteiger partial charge in [0.25, 0.3) is 0 Å². The second-order valence-electron chi connectivity index (χ2n) is 8.25. The summed E-state index contributed by atoms with van der Waals surface area (Å²) in [7, 11) is 0. The Labute approximate surface area is 193 Å². The van der Waals surface area contributed by atoms with Crippen molar-refractivity contribution >= 4 is 23.7 Å².